The zero-order valence-corrected chi connectivity index (χ0v) is 16.4. The summed E-state index contributed by atoms with van der Waals surface area (Å²) in [6.07, 6.45) is 6.96. The van der Waals surface area contributed by atoms with Gasteiger partial charge in [-0.15, -0.1) is 0 Å². The Bertz CT molecular complexity index is 1100. The van der Waals surface area contributed by atoms with Gasteiger partial charge in [0.25, 0.3) is 0 Å². The van der Waals surface area contributed by atoms with E-state index in [1.54, 1.807) is 31.5 Å². The minimum Gasteiger partial charge on any atom is -0.355 e. The topological polar surface area (TPSA) is 59.0 Å². The van der Waals surface area contributed by atoms with Gasteiger partial charge in [0, 0.05) is 42.5 Å². The maximum absolute atomic E-state index is 11.8. The maximum atomic E-state index is 11.8. The first-order valence-corrected chi connectivity index (χ1v) is 9.54. The Balaban J connectivity index is 1.58. The highest BCUT2D eigenvalue weighted by Crippen LogP contribution is 2.34. The van der Waals surface area contributed by atoms with Crippen molar-refractivity contribution in [3.8, 4) is 11.3 Å². The summed E-state index contributed by atoms with van der Waals surface area (Å²) in [4.78, 5) is 27.8. The van der Waals surface area contributed by atoms with Crippen molar-refractivity contribution in [3.63, 3.8) is 0 Å². The Morgan fingerprint density at radius 3 is 2.62 bits per heavy atom. The van der Waals surface area contributed by atoms with Crippen LogP contribution in [0.25, 0.3) is 23.4 Å². The number of ketones is 1. The fourth-order valence-electron chi connectivity index (χ4n) is 3.58. The van der Waals surface area contributed by atoms with E-state index in [0.717, 1.165) is 47.1 Å². The molecule has 29 heavy (non-hydrogen) atoms. The van der Waals surface area contributed by atoms with Crippen LogP contribution in [0, 0.1) is 0 Å². The highest BCUT2D eigenvalue weighted by Gasteiger charge is 2.32. The molecule has 0 unspecified atom stereocenters. The molecule has 5 nitrogen and oxygen atoms in total. The minimum absolute atomic E-state index is 0.0409. The molecule has 0 atom stereocenters. The highest BCUT2D eigenvalue weighted by molar-refractivity contribution is 5.95. The fourth-order valence-corrected chi connectivity index (χ4v) is 3.58. The van der Waals surface area contributed by atoms with Crippen molar-refractivity contribution in [1.29, 1.82) is 0 Å². The van der Waals surface area contributed by atoms with Crippen molar-refractivity contribution < 1.29 is 4.79 Å². The van der Waals surface area contributed by atoms with E-state index in [2.05, 4.69) is 33.0 Å². The number of aromatic nitrogens is 3. The van der Waals surface area contributed by atoms with Gasteiger partial charge in [-0.25, -0.2) is 4.98 Å². The Labute approximate surface area is 170 Å². The van der Waals surface area contributed by atoms with E-state index in [-0.39, 0.29) is 11.7 Å². The van der Waals surface area contributed by atoms with E-state index in [0.29, 0.717) is 5.56 Å². The molecule has 0 radical (unpaired) electrons. The van der Waals surface area contributed by atoms with Crippen molar-refractivity contribution in [3.05, 3.63) is 84.5 Å². The fraction of sp³-hybridized carbons (Fsp3) is 0.167. The molecule has 0 saturated carbocycles. The lowest BCUT2D eigenvalue weighted by Crippen LogP contribution is -2.46. The van der Waals surface area contributed by atoms with Crippen LogP contribution in [0.1, 0.15) is 40.2 Å². The molecule has 1 aromatic carbocycles. The quantitative estimate of drug-likeness (QED) is 0.582. The van der Waals surface area contributed by atoms with Crippen LogP contribution < -0.4 is 4.90 Å². The number of carbonyl (C=O) groups excluding carboxylic acids is 1. The third-order valence-corrected chi connectivity index (χ3v) is 5.22. The summed E-state index contributed by atoms with van der Waals surface area (Å²) in [6, 6.07) is 11.6. The second-order valence-electron chi connectivity index (χ2n) is 7.08. The molecule has 144 valence electrons. The molecule has 1 aliphatic heterocycles. The number of benzene rings is 1. The van der Waals surface area contributed by atoms with Gasteiger partial charge in [-0.2, -0.15) is 0 Å². The number of Topliss-reactive ketones (excluding diaryl/α,β-unsaturated/α-hetero) is 1. The molecule has 4 rings (SSSR count). The summed E-state index contributed by atoms with van der Waals surface area (Å²) in [5.74, 6) is 1.22. The zero-order valence-electron chi connectivity index (χ0n) is 16.4. The second-order valence-corrected chi connectivity index (χ2v) is 7.08. The standard InChI is InChI=1S/C24H22N4O/c1-4-17-9-10-22(27-21(17)5-2)28-14-20(15-28)24-23(25-11-12-26-24)19-8-6-7-18(13-19)16(3)29/h4-13,20H,1-2,14-15H2,3H3. The molecule has 2 aromatic heterocycles. The average molecular weight is 382 g/mol. The molecule has 5 heteroatoms. The van der Waals surface area contributed by atoms with Crippen LogP contribution in [0.5, 0.6) is 0 Å². The van der Waals surface area contributed by atoms with Crippen LogP contribution >= 0.6 is 0 Å². The van der Waals surface area contributed by atoms with Crippen LogP contribution in [0.4, 0.5) is 5.82 Å². The lowest BCUT2D eigenvalue weighted by atomic mass is 9.91. The van der Waals surface area contributed by atoms with Gasteiger partial charge >= 0.3 is 0 Å². The van der Waals surface area contributed by atoms with Crippen molar-refractivity contribution in [1.82, 2.24) is 15.0 Å². The molecule has 1 fully saturated rings. The monoisotopic (exact) mass is 382 g/mol. The number of anilines is 1. The van der Waals surface area contributed by atoms with Gasteiger partial charge in [-0.05, 0) is 36.8 Å². The number of hydrogen-bond acceptors (Lipinski definition) is 5. The van der Waals surface area contributed by atoms with E-state index in [4.69, 9.17) is 0 Å². The molecule has 0 bridgehead atoms. The van der Waals surface area contributed by atoms with Crippen LogP contribution in [-0.4, -0.2) is 33.8 Å². The summed E-state index contributed by atoms with van der Waals surface area (Å²) in [6.45, 7) is 10.9. The third-order valence-electron chi connectivity index (χ3n) is 5.22. The molecule has 1 saturated heterocycles. The second kappa shape index (κ2) is 7.80. The first-order chi connectivity index (χ1) is 14.1. The van der Waals surface area contributed by atoms with Crippen molar-refractivity contribution in [2.24, 2.45) is 0 Å². The summed E-state index contributed by atoms with van der Waals surface area (Å²) in [7, 11) is 0. The highest BCUT2D eigenvalue weighted by atomic mass is 16.1. The summed E-state index contributed by atoms with van der Waals surface area (Å²) >= 11 is 0. The van der Waals surface area contributed by atoms with Gasteiger partial charge in [0.1, 0.15) is 5.82 Å². The van der Waals surface area contributed by atoms with Crippen LogP contribution in [0.15, 0.2) is 61.9 Å². The molecule has 0 N–H and O–H groups in total. The molecule has 0 amide bonds. The average Bonchev–Trinajstić information content (AvgIpc) is 2.73. The van der Waals surface area contributed by atoms with Gasteiger partial charge < -0.3 is 4.90 Å². The largest absolute Gasteiger partial charge is 0.355 e. The van der Waals surface area contributed by atoms with E-state index >= 15 is 0 Å². The van der Waals surface area contributed by atoms with E-state index in [1.807, 2.05) is 36.4 Å². The Hall–Kier alpha value is -3.60. The first kappa shape index (κ1) is 18.7. The Kier molecular flexibility index (Phi) is 5.04. The van der Waals surface area contributed by atoms with Crippen LogP contribution in [0.3, 0.4) is 0 Å². The van der Waals surface area contributed by atoms with Crippen molar-refractivity contribution in [2.45, 2.75) is 12.8 Å². The third kappa shape index (κ3) is 3.59. The number of pyridine rings is 1. The van der Waals surface area contributed by atoms with Crippen LogP contribution in [0.2, 0.25) is 0 Å². The number of nitrogens with zero attached hydrogens (tertiary/aromatic N) is 4. The van der Waals surface area contributed by atoms with Crippen LogP contribution in [-0.2, 0) is 0 Å². The molecular formula is C24H22N4O. The van der Waals surface area contributed by atoms with Gasteiger partial charge in [-0.3, -0.25) is 14.8 Å². The molecule has 0 spiro atoms. The molecule has 0 aliphatic carbocycles. The smallest absolute Gasteiger partial charge is 0.159 e. The predicted molar refractivity (Wildman–Crippen MR) is 117 cm³/mol. The van der Waals surface area contributed by atoms with Gasteiger partial charge in [0.15, 0.2) is 5.78 Å². The number of carbonyl (C=O) groups is 1. The van der Waals surface area contributed by atoms with Gasteiger partial charge in [-0.1, -0.05) is 37.4 Å². The Morgan fingerprint density at radius 2 is 1.90 bits per heavy atom. The van der Waals surface area contributed by atoms with E-state index in [1.165, 1.54) is 0 Å². The summed E-state index contributed by atoms with van der Waals surface area (Å²) in [5.41, 5.74) is 5.20. The van der Waals surface area contributed by atoms with E-state index in [9.17, 15) is 4.79 Å². The van der Waals surface area contributed by atoms with E-state index < -0.39 is 0 Å². The SMILES string of the molecule is C=Cc1ccc(N2CC(c3nccnc3-c3cccc(C(C)=O)c3)C2)nc1C=C. The van der Waals surface area contributed by atoms with Crippen molar-refractivity contribution >= 4 is 23.8 Å². The first-order valence-electron chi connectivity index (χ1n) is 9.54. The minimum atomic E-state index is 0.0409. The van der Waals surface area contributed by atoms with Crippen molar-refractivity contribution in [2.75, 3.05) is 18.0 Å². The molecule has 3 heterocycles. The zero-order chi connectivity index (χ0) is 20.4. The normalized spacial score (nSPS) is 13.6. The predicted octanol–water partition coefficient (Wildman–Crippen LogP) is 4.63. The summed E-state index contributed by atoms with van der Waals surface area (Å²) in [5, 5.41) is 0. The van der Waals surface area contributed by atoms with Gasteiger partial charge in [0.05, 0.1) is 17.1 Å². The lowest BCUT2D eigenvalue weighted by molar-refractivity contribution is 0.101. The van der Waals surface area contributed by atoms with Gasteiger partial charge in [0.2, 0.25) is 0 Å². The molecular weight excluding hydrogens is 360 g/mol. The molecule has 1 aliphatic rings. The number of rotatable bonds is 6. The lowest BCUT2D eigenvalue weighted by Gasteiger charge is -2.40. The Morgan fingerprint density at radius 1 is 1.10 bits per heavy atom. The summed E-state index contributed by atoms with van der Waals surface area (Å²) < 4.78 is 0. The maximum Gasteiger partial charge on any atom is 0.159 e. The molecule has 3 aromatic rings. The number of hydrogen-bond donors (Lipinski definition) is 0.